The molecule has 2 N–H and O–H groups in total. The van der Waals surface area contributed by atoms with Gasteiger partial charge in [-0.2, -0.15) is 5.26 Å². The van der Waals surface area contributed by atoms with Crippen molar-refractivity contribution in [2.45, 2.75) is 32.6 Å². The van der Waals surface area contributed by atoms with E-state index < -0.39 is 0 Å². The number of carbonyl (C=O) groups excluding carboxylic acids is 3. The lowest BCUT2D eigenvalue weighted by Gasteiger charge is -2.27. The Bertz CT molecular complexity index is 952. The number of benzene rings is 2. The Kier molecular flexibility index (Phi) is 6.40. The van der Waals surface area contributed by atoms with Gasteiger partial charge in [-0.15, -0.1) is 0 Å². The van der Waals surface area contributed by atoms with Gasteiger partial charge in [0.2, 0.25) is 11.8 Å². The van der Waals surface area contributed by atoms with Crippen LogP contribution in [-0.2, 0) is 9.59 Å². The van der Waals surface area contributed by atoms with Gasteiger partial charge in [0.05, 0.1) is 11.6 Å². The highest BCUT2D eigenvalue weighted by atomic mass is 16.2. The molecule has 0 radical (unpaired) electrons. The Labute approximate surface area is 169 Å². The zero-order valence-electron chi connectivity index (χ0n) is 16.3. The van der Waals surface area contributed by atoms with Crippen molar-refractivity contribution in [3.63, 3.8) is 0 Å². The summed E-state index contributed by atoms with van der Waals surface area (Å²) in [4.78, 5) is 36.3. The molecule has 29 heavy (non-hydrogen) atoms. The van der Waals surface area contributed by atoms with Crippen LogP contribution >= 0.6 is 0 Å². The van der Waals surface area contributed by atoms with Gasteiger partial charge >= 0.3 is 0 Å². The molecule has 2 aromatic rings. The van der Waals surface area contributed by atoms with E-state index >= 15 is 0 Å². The lowest BCUT2D eigenvalue weighted by atomic mass is 9.81. The number of anilines is 2. The Morgan fingerprint density at radius 3 is 1.93 bits per heavy atom. The van der Waals surface area contributed by atoms with Crippen LogP contribution in [0.2, 0.25) is 0 Å². The smallest absolute Gasteiger partial charge is 0.227 e. The highest BCUT2D eigenvalue weighted by Crippen LogP contribution is 2.30. The van der Waals surface area contributed by atoms with Gasteiger partial charge in [0, 0.05) is 28.8 Å². The SMILES string of the molecule is CC(=O)c1ccc(NC(=O)C2CCC(C(=O)Nc3cccc(C#N)c3)CC2)cc1. The van der Waals surface area contributed by atoms with E-state index in [1.807, 2.05) is 0 Å². The van der Waals surface area contributed by atoms with E-state index in [4.69, 9.17) is 5.26 Å². The predicted octanol–water partition coefficient (Wildman–Crippen LogP) is 4.14. The van der Waals surface area contributed by atoms with Crippen molar-refractivity contribution in [2.75, 3.05) is 10.6 Å². The molecule has 0 saturated heterocycles. The third-order valence-corrected chi connectivity index (χ3v) is 5.29. The molecule has 148 valence electrons. The summed E-state index contributed by atoms with van der Waals surface area (Å²) >= 11 is 0. The second-order valence-corrected chi connectivity index (χ2v) is 7.35. The van der Waals surface area contributed by atoms with Crippen LogP contribution in [-0.4, -0.2) is 17.6 Å². The molecule has 0 bridgehead atoms. The number of rotatable bonds is 5. The predicted molar refractivity (Wildman–Crippen MR) is 110 cm³/mol. The van der Waals surface area contributed by atoms with E-state index in [1.54, 1.807) is 48.5 Å². The van der Waals surface area contributed by atoms with Crippen LogP contribution < -0.4 is 10.6 Å². The van der Waals surface area contributed by atoms with Crippen LogP contribution in [0.1, 0.15) is 48.5 Å². The molecule has 2 aromatic carbocycles. The Morgan fingerprint density at radius 1 is 0.862 bits per heavy atom. The van der Waals surface area contributed by atoms with Gasteiger partial charge in [0.25, 0.3) is 0 Å². The Morgan fingerprint density at radius 2 is 1.41 bits per heavy atom. The van der Waals surface area contributed by atoms with Crippen molar-refractivity contribution >= 4 is 29.0 Å². The van der Waals surface area contributed by atoms with Gasteiger partial charge in [-0.3, -0.25) is 14.4 Å². The van der Waals surface area contributed by atoms with Crippen molar-refractivity contribution < 1.29 is 14.4 Å². The van der Waals surface area contributed by atoms with Gasteiger partial charge in [-0.05, 0) is 75.1 Å². The van der Waals surface area contributed by atoms with E-state index in [1.165, 1.54) is 6.92 Å². The molecule has 3 rings (SSSR count). The molecule has 0 aliphatic heterocycles. The number of hydrogen-bond acceptors (Lipinski definition) is 4. The maximum atomic E-state index is 12.5. The third kappa shape index (κ3) is 5.29. The first-order valence-corrected chi connectivity index (χ1v) is 9.69. The largest absolute Gasteiger partial charge is 0.326 e. The van der Waals surface area contributed by atoms with Gasteiger partial charge in [0.15, 0.2) is 5.78 Å². The molecule has 2 amide bonds. The summed E-state index contributed by atoms with van der Waals surface area (Å²) in [6.07, 6.45) is 2.58. The van der Waals surface area contributed by atoms with Gasteiger partial charge < -0.3 is 10.6 Å². The molecule has 1 saturated carbocycles. The van der Waals surface area contributed by atoms with E-state index in [0.29, 0.717) is 48.2 Å². The molecule has 0 unspecified atom stereocenters. The van der Waals surface area contributed by atoms with Crippen LogP contribution in [0, 0.1) is 23.2 Å². The minimum absolute atomic E-state index is 0.0150. The zero-order chi connectivity index (χ0) is 20.8. The summed E-state index contributed by atoms with van der Waals surface area (Å²) in [5, 5.41) is 14.7. The monoisotopic (exact) mass is 389 g/mol. The third-order valence-electron chi connectivity index (χ3n) is 5.29. The second kappa shape index (κ2) is 9.16. The first-order chi connectivity index (χ1) is 14.0. The highest BCUT2D eigenvalue weighted by Gasteiger charge is 2.30. The quantitative estimate of drug-likeness (QED) is 0.751. The lowest BCUT2D eigenvalue weighted by Crippen LogP contribution is -2.32. The fourth-order valence-corrected chi connectivity index (χ4v) is 3.56. The summed E-state index contributed by atoms with van der Waals surface area (Å²) < 4.78 is 0. The topological polar surface area (TPSA) is 99.1 Å². The summed E-state index contributed by atoms with van der Waals surface area (Å²) in [5.41, 5.74) is 2.38. The normalized spacial score (nSPS) is 18.3. The fraction of sp³-hybridized carbons (Fsp3) is 0.304. The first kappa shape index (κ1) is 20.3. The number of ketones is 1. The maximum Gasteiger partial charge on any atom is 0.227 e. The summed E-state index contributed by atoms with van der Waals surface area (Å²) in [7, 11) is 0. The van der Waals surface area contributed by atoms with Crippen molar-refractivity contribution in [1.29, 1.82) is 5.26 Å². The molecular formula is C23H23N3O3. The van der Waals surface area contributed by atoms with E-state index in [-0.39, 0.29) is 29.4 Å². The highest BCUT2D eigenvalue weighted by molar-refractivity contribution is 5.96. The van der Waals surface area contributed by atoms with Gasteiger partial charge in [-0.1, -0.05) is 6.07 Å². The number of nitrogens with zero attached hydrogens (tertiary/aromatic N) is 1. The number of carbonyl (C=O) groups is 3. The Hall–Kier alpha value is -3.46. The number of Topliss-reactive ketones (excluding diaryl/α,β-unsaturated/α-hetero) is 1. The van der Waals surface area contributed by atoms with E-state index in [0.717, 1.165) is 0 Å². The van der Waals surface area contributed by atoms with Crippen LogP contribution in [0.3, 0.4) is 0 Å². The summed E-state index contributed by atoms with van der Waals surface area (Å²) in [6, 6.07) is 15.7. The average Bonchev–Trinajstić information content (AvgIpc) is 2.74. The van der Waals surface area contributed by atoms with Crippen LogP contribution in [0.25, 0.3) is 0 Å². The van der Waals surface area contributed by atoms with E-state index in [9.17, 15) is 14.4 Å². The molecule has 6 nitrogen and oxygen atoms in total. The van der Waals surface area contributed by atoms with Crippen molar-refractivity contribution in [3.05, 3.63) is 59.7 Å². The van der Waals surface area contributed by atoms with E-state index in [2.05, 4.69) is 16.7 Å². The molecule has 0 atom stereocenters. The molecule has 1 aliphatic rings. The maximum absolute atomic E-state index is 12.5. The number of amides is 2. The summed E-state index contributed by atoms with van der Waals surface area (Å²) in [6.45, 7) is 1.50. The second-order valence-electron chi connectivity index (χ2n) is 7.35. The molecular weight excluding hydrogens is 366 g/mol. The minimum atomic E-state index is -0.139. The lowest BCUT2D eigenvalue weighted by molar-refractivity contribution is -0.125. The fourth-order valence-electron chi connectivity index (χ4n) is 3.56. The molecule has 0 aromatic heterocycles. The van der Waals surface area contributed by atoms with Crippen molar-refractivity contribution in [3.8, 4) is 6.07 Å². The van der Waals surface area contributed by atoms with Crippen molar-refractivity contribution in [1.82, 2.24) is 0 Å². The Balaban J connectivity index is 1.50. The van der Waals surface area contributed by atoms with Crippen molar-refractivity contribution in [2.24, 2.45) is 11.8 Å². The zero-order valence-corrected chi connectivity index (χ0v) is 16.3. The standard InChI is InChI=1S/C23H23N3O3/c1-15(27)17-9-11-20(12-10-17)25-22(28)18-5-7-19(8-6-18)23(29)26-21-4-2-3-16(13-21)14-24/h2-4,9-13,18-19H,5-8H2,1H3,(H,25,28)(H,26,29). The van der Waals surface area contributed by atoms with Crippen LogP contribution in [0.15, 0.2) is 48.5 Å². The molecule has 1 fully saturated rings. The average molecular weight is 389 g/mol. The summed E-state index contributed by atoms with van der Waals surface area (Å²) in [5.74, 6) is -0.410. The van der Waals surface area contributed by atoms with Gasteiger partial charge in [0.1, 0.15) is 0 Å². The minimum Gasteiger partial charge on any atom is -0.326 e. The molecule has 0 heterocycles. The number of hydrogen-bond donors (Lipinski definition) is 2. The molecule has 6 heteroatoms. The molecule has 0 spiro atoms. The van der Waals surface area contributed by atoms with Gasteiger partial charge in [-0.25, -0.2) is 0 Å². The number of nitrogens with one attached hydrogen (secondary N) is 2. The number of nitriles is 1. The van der Waals surface area contributed by atoms with Crippen LogP contribution in [0.5, 0.6) is 0 Å². The molecule has 1 aliphatic carbocycles. The van der Waals surface area contributed by atoms with Crippen LogP contribution in [0.4, 0.5) is 11.4 Å². The first-order valence-electron chi connectivity index (χ1n) is 9.69.